The monoisotopic (exact) mass is 568 g/mol. The molecule has 1 saturated heterocycles. The molecule has 0 saturated carbocycles. The van der Waals surface area contributed by atoms with Crippen molar-refractivity contribution < 1.29 is 23.2 Å². The molecule has 1 aliphatic rings. The Morgan fingerprint density at radius 2 is 2.00 bits per heavy atom. The lowest BCUT2D eigenvalue weighted by molar-refractivity contribution is -0.0304. The van der Waals surface area contributed by atoms with E-state index in [1.54, 1.807) is 32.5 Å². The largest absolute Gasteiger partial charge is 0.472 e. The molecule has 1 aliphatic heterocycles. The molecule has 37 heavy (non-hydrogen) atoms. The van der Waals surface area contributed by atoms with Crippen molar-refractivity contribution in [2.24, 2.45) is 5.92 Å². The fraction of sp³-hybridized carbons (Fsp3) is 0.522. The van der Waals surface area contributed by atoms with Crippen molar-refractivity contribution in [3.05, 3.63) is 36.2 Å². The van der Waals surface area contributed by atoms with Crippen LogP contribution in [0.4, 0.5) is 11.8 Å². The average Bonchev–Trinajstić information content (AvgIpc) is 3.39. The lowest BCUT2D eigenvalue weighted by Crippen LogP contribution is -2.17. The molecule has 11 nitrogen and oxygen atoms in total. The van der Waals surface area contributed by atoms with Crippen LogP contribution in [0.15, 0.2) is 35.5 Å². The molecule has 1 fully saturated rings. The molecule has 0 aliphatic carbocycles. The van der Waals surface area contributed by atoms with Crippen molar-refractivity contribution in [1.29, 1.82) is 0 Å². The molecule has 14 heteroatoms. The van der Waals surface area contributed by atoms with Crippen LogP contribution in [0.1, 0.15) is 45.9 Å². The molecule has 0 radical (unpaired) electrons. The molecule has 4 unspecified atom stereocenters. The van der Waals surface area contributed by atoms with Gasteiger partial charge in [-0.15, -0.1) is 0 Å². The van der Waals surface area contributed by atoms with E-state index in [1.807, 2.05) is 31.2 Å². The summed E-state index contributed by atoms with van der Waals surface area (Å²) in [4.78, 5) is 23.8. The number of benzene rings is 1. The molecular weight excluding hydrogens is 535 g/mol. The van der Waals surface area contributed by atoms with Gasteiger partial charge in [0.15, 0.2) is 11.5 Å². The van der Waals surface area contributed by atoms with Crippen LogP contribution < -0.4 is 11.5 Å². The summed E-state index contributed by atoms with van der Waals surface area (Å²) in [6, 6.07) is 7.97. The van der Waals surface area contributed by atoms with Crippen LogP contribution >= 0.6 is 29.4 Å². The molecule has 5 N–H and O–H groups in total. The van der Waals surface area contributed by atoms with E-state index in [1.165, 1.54) is 0 Å². The summed E-state index contributed by atoms with van der Waals surface area (Å²) in [5.74, 6) is 0.298. The Morgan fingerprint density at radius 3 is 2.76 bits per heavy atom. The minimum Gasteiger partial charge on any atom is -0.382 e. The van der Waals surface area contributed by atoms with Crippen LogP contribution in [0.5, 0.6) is 0 Å². The molecule has 4 atom stereocenters. The first-order chi connectivity index (χ1) is 17.4. The molecule has 2 aromatic heterocycles. The third-order valence-electron chi connectivity index (χ3n) is 5.60. The van der Waals surface area contributed by atoms with Crippen molar-refractivity contribution in [3.63, 3.8) is 0 Å². The van der Waals surface area contributed by atoms with E-state index in [2.05, 4.69) is 35.7 Å². The Bertz CT molecular complexity index is 1290. The molecular formula is C23H33N6O5PS2. The smallest absolute Gasteiger partial charge is 0.382 e. The van der Waals surface area contributed by atoms with Crippen LogP contribution in [-0.2, 0) is 24.8 Å². The fourth-order valence-electron chi connectivity index (χ4n) is 3.95. The maximum atomic E-state index is 12.5. The van der Waals surface area contributed by atoms with Crippen molar-refractivity contribution in [1.82, 2.24) is 19.5 Å². The van der Waals surface area contributed by atoms with Gasteiger partial charge in [-0.05, 0) is 24.5 Å². The van der Waals surface area contributed by atoms with E-state index in [0.717, 1.165) is 10.5 Å². The number of hydrogen-bond donors (Lipinski definition) is 3. The molecule has 0 spiro atoms. The minimum absolute atomic E-state index is 0.0461. The highest BCUT2D eigenvalue weighted by atomic mass is 33.1. The second kappa shape index (κ2) is 11.5. The Balaban J connectivity index is 1.29. The topological polar surface area (TPSA) is 161 Å². The van der Waals surface area contributed by atoms with E-state index in [-0.39, 0.29) is 35.6 Å². The summed E-state index contributed by atoms with van der Waals surface area (Å²) in [7, 11) is -0.791. The number of nitrogen functional groups attached to an aromatic ring is 2. The molecule has 0 amide bonds. The summed E-state index contributed by atoms with van der Waals surface area (Å²) in [5, 5.41) is 0. The highest BCUT2D eigenvalue weighted by molar-refractivity contribution is 8.77. The van der Waals surface area contributed by atoms with Gasteiger partial charge in [-0.25, -0.2) is 9.55 Å². The van der Waals surface area contributed by atoms with E-state index in [4.69, 9.17) is 25.3 Å². The van der Waals surface area contributed by atoms with Crippen LogP contribution in [0.25, 0.3) is 11.2 Å². The molecule has 1 aromatic carbocycles. The predicted octanol–water partition coefficient (Wildman–Crippen LogP) is 4.83. The fourth-order valence-corrected chi connectivity index (χ4v) is 6.96. The first-order valence-electron chi connectivity index (χ1n) is 11.9. The van der Waals surface area contributed by atoms with Gasteiger partial charge in [0.1, 0.15) is 11.7 Å². The Labute approximate surface area is 224 Å². The summed E-state index contributed by atoms with van der Waals surface area (Å²) in [6.45, 7) is 8.45. The summed E-state index contributed by atoms with van der Waals surface area (Å²) < 4.78 is 31.0. The number of anilines is 2. The number of nitrogens with two attached hydrogens (primary N) is 2. The van der Waals surface area contributed by atoms with Crippen molar-refractivity contribution in [2.45, 2.75) is 62.5 Å². The quantitative estimate of drug-likeness (QED) is 0.226. The zero-order chi connectivity index (χ0) is 26.8. The van der Waals surface area contributed by atoms with E-state index >= 15 is 0 Å². The maximum absolute atomic E-state index is 12.5. The first-order valence-corrected chi connectivity index (χ1v) is 15.5. The zero-order valence-electron chi connectivity index (χ0n) is 21.2. The lowest BCUT2D eigenvalue weighted by Gasteiger charge is -2.19. The van der Waals surface area contributed by atoms with E-state index < -0.39 is 20.2 Å². The number of fused-ring (bicyclic) bond motifs is 1. The standard InChI is InChI=1S/C23H33N6O5PS2/c1-14-11-16(34-21(14)29-13-26-18-19(24)27-22(25)28-20(18)29)12-33-35(30,31)32-10-9-15-7-5-6-8-17(15)36-37-23(2,3)4/h5-8,13-14,16,21H,9-12H2,1-4H3,(H,30,31)(H4,24,25,27,28). The van der Waals surface area contributed by atoms with Crippen LogP contribution in [0, 0.1) is 5.92 Å². The van der Waals surface area contributed by atoms with Gasteiger partial charge in [-0.1, -0.05) is 67.5 Å². The van der Waals surface area contributed by atoms with Crippen LogP contribution in [0.2, 0.25) is 0 Å². The normalized spacial score (nSPS) is 21.9. The Morgan fingerprint density at radius 1 is 1.24 bits per heavy atom. The number of rotatable bonds is 10. The van der Waals surface area contributed by atoms with Gasteiger partial charge in [-0.3, -0.25) is 13.6 Å². The number of phosphoric ester groups is 1. The molecule has 3 aromatic rings. The van der Waals surface area contributed by atoms with Gasteiger partial charge >= 0.3 is 7.82 Å². The third kappa shape index (κ3) is 7.38. The zero-order valence-corrected chi connectivity index (χ0v) is 23.8. The van der Waals surface area contributed by atoms with Crippen LogP contribution in [-0.4, -0.2) is 48.5 Å². The van der Waals surface area contributed by atoms with Gasteiger partial charge in [0, 0.05) is 15.6 Å². The van der Waals surface area contributed by atoms with Gasteiger partial charge in [0.05, 0.1) is 25.6 Å². The van der Waals surface area contributed by atoms with Crippen LogP contribution in [0.3, 0.4) is 0 Å². The van der Waals surface area contributed by atoms with Crippen molar-refractivity contribution >= 4 is 52.3 Å². The second-order valence-electron chi connectivity index (χ2n) is 9.89. The number of imidazole rings is 1. The van der Waals surface area contributed by atoms with Gasteiger partial charge in [0.25, 0.3) is 0 Å². The summed E-state index contributed by atoms with van der Waals surface area (Å²) in [5.41, 5.74) is 13.6. The number of ether oxygens (including phenoxy) is 1. The Kier molecular flexibility index (Phi) is 8.74. The lowest BCUT2D eigenvalue weighted by atomic mass is 10.1. The van der Waals surface area contributed by atoms with E-state index in [0.29, 0.717) is 24.0 Å². The number of aromatic nitrogens is 4. The molecule has 4 rings (SSSR count). The predicted molar refractivity (Wildman–Crippen MR) is 147 cm³/mol. The summed E-state index contributed by atoms with van der Waals surface area (Å²) in [6.07, 6.45) is 1.85. The molecule has 0 bridgehead atoms. The van der Waals surface area contributed by atoms with Gasteiger partial charge < -0.3 is 21.1 Å². The Hall–Kier alpha value is -1.86. The summed E-state index contributed by atoms with van der Waals surface area (Å²) >= 11 is 0. The second-order valence-corrected chi connectivity index (χ2v) is 14.3. The third-order valence-corrected chi connectivity index (χ3v) is 10.0. The van der Waals surface area contributed by atoms with Crippen molar-refractivity contribution in [3.8, 4) is 0 Å². The molecule has 3 heterocycles. The minimum atomic E-state index is -4.26. The SMILES string of the molecule is CC1CC(COP(=O)(O)OCCc2ccccc2SSC(C)(C)C)OC1n1cnc2c(N)nc(N)nc21. The van der Waals surface area contributed by atoms with Gasteiger partial charge in [-0.2, -0.15) is 9.97 Å². The maximum Gasteiger partial charge on any atom is 0.472 e. The number of nitrogens with zero attached hydrogens (tertiary/aromatic N) is 4. The van der Waals surface area contributed by atoms with Gasteiger partial charge in [0.2, 0.25) is 5.95 Å². The molecule has 202 valence electrons. The van der Waals surface area contributed by atoms with E-state index in [9.17, 15) is 9.46 Å². The van der Waals surface area contributed by atoms with Crippen molar-refractivity contribution in [2.75, 3.05) is 24.7 Å². The highest BCUT2D eigenvalue weighted by Crippen LogP contribution is 2.46. The first kappa shape index (κ1) is 28.2. The number of phosphoric acid groups is 1. The average molecular weight is 569 g/mol. The number of hydrogen-bond acceptors (Lipinski definition) is 11. The highest BCUT2D eigenvalue weighted by Gasteiger charge is 2.36.